The van der Waals surface area contributed by atoms with Crippen molar-refractivity contribution in [3.63, 3.8) is 0 Å². The van der Waals surface area contributed by atoms with Gasteiger partial charge in [-0.1, -0.05) is 6.07 Å². The Morgan fingerprint density at radius 1 is 1.62 bits per heavy atom. The third kappa shape index (κ3) is 2.79. The van der Waals surface area contributed by atoms with Crippen LogP contribution in [0.2, 0.25) is 0 Å². The van der Waals surface area contributed by atoms with Gasteiger partial charge < -0.3 is 10.1 Å². The number of hydrogen-bond acceptors (Lipinski definition) is 4. The molecule has 1 aliphatic rings. The van der Waals surface area contributed by atoms with Gasteiger partial charge >= 0.3 is 5.97 Å². The van der Waals surface area contributed by atoms with Gasteiger partial charge in [-0.25, -0.2) is 0 Å². The number of pyridine rings is 1. The van der Waals surface area contributed by atoms with Crippen molar-refractivity contribution in [3.05, 3.63) is 30.1 Å². The number of aromatic nitrogens is 1. The standard InChI is InChI=1S/C12H16N2O2/c1-16-12(15)10(8-14-9-5-6-9)11-4-2-3-7-13-11/h2-4,7,9-10,14H,5-6,8H2,1H3. The number of nitrogens with one attached hydrogen (secondary N) is 1. The maximum absolute atomic E-state index is 11.6. The fourth-order valence-electron chi connectivity index (χ4n) is 1.60. The lowest BCUT2D eigenvalue weighted by atomic mass is 10.1. The van der Waals surface area contributed by atoms with Crippen LogP contribution >= 0.6 is 0 Å². The zero-order valence-corrected chi connectivity index (χ0v) is 9.35. The van der Waals surface area contributed by atoms with Crippen LogP contribution < -0.4 is 5.32 Å². The Bertz CT molecular complexity index is 349. The van der Waals surface area contributed by atoms with Crippen LogP contribution in [0.1, 0.15) is 24.5 Å². The van der Waals surface area contributed by atoms with Crippen LogP contribution in [-0.2, 0) is 9.53 Å². The number of hydrogen-bond donors (Lipinski definition) is 1. The fraction of sp³-hybridized carbons (Fsp3) is 0.500. The average molecular weight is 220 g/mol. The molecular formula is C12H16N2O2. The predicted octanol–water partition coefficient (Wildman–Crippen LogP) is 1.09. The van der Waals surface area contributed by atoms with Crippen molar-refractivity contribution in [2.75, 3.05) is 13.7 Å². The highest BCUT2D eigenvalue weighted by Gasteiger charge is 2.27. The minimum absolute atomic E-state index is 0.230. The minimum Gasteiger partial charge on any atom is -0.468 e. The summed E-state index contributed by atoms with van der Waals surface area (Å²) in [5, 5.41) is 3.33. The van der Waals surface area contributed by atoms with Gasteiger partial charge in [0.05, 0.1) is 12.8 Å². The molecule has 86 valence electrons. The Morgan fingerprint density at radius 3 is 3.00 bits per heavy atom. The summed E-state index contributed by atoms with van der Waals surface area (Å²) >= 11 is 0. The summed E-state index contributed by atoms with van der Waals surface area (Å²) in [7, 11) is 1.41. The molecular weight excluding hydrogens is 204 g/mol. The highest BCUT2D eigenvalue weighted by Crippen LogP contribution is 2.21. The van der Waals surface area contributed by atoms with E-state index in [1.165, 1.54) is 20.0 Å². The summed E-state index contributed by atoms with van der Waals surface area (Å²) in [5.74, 6) is -0.529. The van der Waals surface area contributed by atoms with E-state index < -0.39 is 0 Å². The average Bonchev–Trinajstić information content (AvgIpc) is 3.14. The van der Waals surface area contributed by atoms with E-state index >= 15 is 0 Å². The van der Waals surface area contributed by atoms with Crippen molar-refractivity contribution < 1.29 is 9.53 Å². The third-order valence-electron chi connectivity index (χ3n) is 2.72. The van der Waals surface area contributed by atoms with E-state index in [2.05, 4.69) is 10.3 Å². The normalized spacial score (nSPS) is 16.8. The first-order valence-electron chi connectivity index (χ1n) is 5.53. The van der Waals surface area contributed by atoms with Gasteiger partial charge in [0.1, 0.15) is 5.92 Å². The first-order chi connectivity index (χ1) is 7.81. The van der Waals surface area contributed by atoms with E-state index in [0.717, 1.165) is 5.69 Å². The van der Waals surface area contributed by atoms with Crippen LogP contribution in [0.5, 0.6) is 0 Å². The highest BCUT2D eigenvalue weighted by molar-refractivity contribution is 5.77. The van der Waals surface area contributed by atoms with Crippen molar-refractivity contribution in [1.29, 1.82) is 0 Å². The van der Waals surface area contributed by atoms with Gasteiger partial charge in [-0.3, -0.25) is 9.78 Å². The van der Waals surface area contributed by atoms with E-state index in [4.69, 9.17) is 4.74 Å². The molecule has 1 aromatic rings. The third-order valence-corrected chi connectivity index (χ3v) is 2.72. The molecule has 1 atom stereocenters. The Balaban J connectivity index is 2.03. The lowest BCUT2D eigenvalue weighted by Gasteiger charge is -2.14. The summed E-state index contributed by atoms with van der Waals surface area (Å²) in [4.78, 5) is 15.8. The van der Waals surface area contributed by atoms with E-state index in [1.54, 1.807) is 6.20 Å². The van der Waals surface area contributed by atoms with E-state index in [0.29, 0.717) is 12.6 Å². The summed E-state index contributed by atoms with van der Waals surface area (Å²) in [5.41, 5.74) is 0.766. The second-order valence-electron chi connectivity index (χ2n) is 4.01. The van der Waals surface area contributed by atoms with Crippen LogP contribution in [0.4, 0.5) is 0 Å². The molecule has 0 amide bonds. The largest absolute Gasteiger partial charge is 0.468 e. The van der Waals surface area contributed by atoms with Crippen molar-refractivity contribution in [3.8, 4) is 0 Å². The number of carbonyl (C=O) groups is 1. The van der Waals surface area contributed by atoms with Crippen LogP contribution in [0.3, 0.4) is 0 Å². The van der Waals surface area contributed by atoms with Crippen molar-refractivity contribution in [2.45, 2.75) is 24.8 Å². The van der Waals surface area contributed by atoms with Crippen molar-refractivity contribution >= 4 is 5.97 Å². The lowest BCUT2D eigenvalue weighted by molar-refractivity contribution is -0.142. The van der Waals surface area contributed by atoms with Gasteiger partial charge in [-0.05, 0) is 25.0 Å². The quantitative estimate of drug-likeness (QED) is 0.755. The predicted molar refractivity (Wildman–Crippen MR) is 60.0 cm³/mol. The number of nitrogens with zero attached hydrogens (tertiary/aromatic N) is 1. The Morgan fingerprint density at radius 2 is 2.44 bits per heavy atom. The number of rotatable bonds is 5. The molecule has 0 aromatic carbocycles. The lowest BCUT2D eigenvalue weighted by Crippen LogP contribution is -2.29. The molecule has 0 saturated heterocycles. The zero-order valence-electron chi connectivity index (χ0n) is 9.35. The Labute approximate surface area is 95.0 Å². The molecule has 2 rings (SSSR count). The van der Waals surface area contributed by atoms with Gasteiger partial charge in [-0.2, -0.15) is 0 Å². The van der Waals surface area contributed by atoms with Gasteiger partial charge in [0, 0.05) is 18.8 Å². The molecule has 1 aliphatic carbocycles. The van der Waals surface area contributed by atoms with Crippen LogP contribution in [0.25, 0.3) is 0 Å². The Hall–Kier alpha value is -1.42. The van der Waals surface area contributed by atoms with E-state index in [1.807, 2.05) is 18.2 Å². The smallest absolute Gasteiger partial charge is 0.316 e. The number of esters is 1. The van der Waals surface area contributed by atoms with Gasteiger partial charge in [0.2, 0.25) is 0 Å². The first-order valence-corrected chi connectivity index (χ1v) is 5.53. The molecule has 1 fully saturated rings. The number of methoxy groups -OCH3 is 1. The second kappa shape index (κ2) is 5.07. The van der Waals surface area contributed by atoms with Crippen molar-refractivity contribution in [1.82, 2.24) is 10.3 Å². The zero-order chi connectivity index (χ0) is 11.4. The van der Waals surface area contributed by atoms with Crippen LogP contribution in [0, 0.1) is 0 Å². The summed E-state index contributed by atoms with van der Waals surface area (Å²) in [6.07, 6.45) is 4.11. The summed E-state index contributed by atoms with van der Waals surface area (Å²) < 4.78 is 4.80. The minimum atomic E-state index is -0.299. The number of carbonyl (C=O) groups excluding carboxylic acids is 1. The molecule has 4 nitrogen and oxygen atoms in total. The van der Waals surface area contributed by atoms with Gasteiger partial charge in [-0.15, -0.1) is 0 Å². The topological polar surface area (TPSA) is 51.2 Å². The molecule has 1 N–H and O–H groups in total. The van der Waals surface area contributed by atoms with Gasteiger partial charge in [0.25, 0.3) is 0 Å². The highest BCUT2D eigenvalue weighted by atomic mass is 16.5. The van der Waals surface area contributed by atoms with E-state index in [-0.39, 0.29) is 11.9 Å². The van der Waals surface area contributed by atoms with Crippen LogP contribution in [0.15, 0.2) is 24.4 Å². The summed E-state index contributed by atoms with van der Waals surface area (Å²) in [6, 6.07) is 6.16. The van der Waals surface area contributed by atoms with Gasteiger partial charge in [0.15, 0.2) is 0 Å². The van der Waals surface area contributed by atoms with Crippen molar-refractivity contribution in [2.24, 2.45) is 0 Å². The molecule has 1 unspecified atom stereocenters. The molecule has 0 radical (unpaired) electrons. The second-order valence-corrected chi connectivity index (χ2v) is 4.01. The molecule has 4 heteroatoms. The Kier molecular flexibility index (Phi) is 3.51. The maximum atomic E-state index is 11.6. The number of ether oxygens (including phenoxy) is 1. The van der Waals surface area contributed by atoms with Crippen LogP contribution in [-0.4, -0.2) is 30.6 Å². The molecule has 1 heterocycles. The first kappa shape index (κ1) is 11.1. The molecule has 16 heavy (non-hydrogen) atoms. The summed E-state index contributed by atoms with van der Waals surface area (Å²) in [6.45, 7) is 0.606. The molecule has 1 saturated carbocycles. The molecule has 0 aliphatic heterocycles. The molecule has 0 bridgehead atoms. The monoisotopic (exact) mass is 220 g/mol. The fourth-order valence-corrected chi connectivity index (χ4v) is 1.60. The van der Waals surface area contributed by atoms with E-state index in [9.17, 15) is 4.79 Å². The molecule has 1 aromatic heterocycles. The molecule has 0 spiro atoms. The maximum Gasteiger partial charge on any atom is 0.316 e. The SMILES string of the molecule is COC(=O)C(CNC1CC1)c1ccccn1.